The van der Waals surface area contributed by atoms with Crippen molar-refractivity contribution in [2.45, 2.75) is 51.6 Å². The lowest BCUT2D eigenvalue weighted by Crippen LogP contribution is -2.69. The molecule has 0 aromatic heterocycles. The summed E-state index contributed by atoms with van der Waals surface area (Å²) in [7, 11) is 0. The summed E-state index contributed by atoms with van der Waals surface area (Å²) in [4.78, 5) is 23.1. The summed E-state index contributed by atoms with van der Waals surface area (Å²) in [5.74, 6) is 0.0710. The Balaban J connectivity index is 2.16. The molecule has 1 heterocycles. The minimum absolute atomic E-state index is 0.0288. The summed E-state index contributed by atoms with van der Waals surface area (Å²) < 4.78 is 0.420. The van der Waals surface area contributed by atoms with Gasteiger partial charge in [0.05, 0.1) is 32.0 Å². The van der Waals surface area contributed by atoms with Crippen molar-refractivity contribution in [3.05, 3.63) is 0 Å². The number of hydrogen-bond acceptors (Lipinski definition) is 3. The van der Waals surface area contributed by atoms with Crippen molar-refractivity contribution in [3.63, 3.8) is 0 Å². The highest BCUT2D eigenvalue weighted by Crippen LogP contribution is 2.40. The van der Waals surface area contributed by atoms with E-state index in [2.05, 4.69) is 6.92 Å². The van der Waals surface area contributed by atoms with Crippen molar-refractivity contribution < 1.29 is 19.2 Å². The van der Waals surface area contributed by atoms with Crippen LogP contribution >= 0.6 is 0 Å². The standard InChI is InChI=1S/C14H24N2O3/c1-9-3-13(4-9)16(10(2)17)7-11(6-14(18)19)5-12(15)8-16/h9,11-13H,3-8,15H2,1-2H3/p+1. The number of carboxylic acids is 1. The third-order valence-electron chi connectivity index (χ3n) is 4.92. The number of carboxylic acid groups (broad SMARTS) is 1. The van der Waals surface area contributed by atoms with Crippen LogP contribution in [-0.2, 0) is 9.59 Å². The van der Waals surface area contributed by atoms with Crippen LogP contribution in [0.2, 0.25) is 0 Å². The maximum absolute atomic E-state index is 12.2. The fourth-order valence-corrected chi connectivity index (χ4v) is 4.00. The van der Waals surface area contributed by atoms with Crippen LogP contribution in [0, 0.1) is 11.8 Å². The van der Waals surface area contributed by atoms with Gasteiger partial charge in [0.25, 0.3) is 0 Å². The number of amides is 1. The van der Waals surface area contributed by atoms with Gasteiger partial charge in [-0.25, -0.2) is 4.79 Å². The van der Waals surface area contributed by atoms with E-state index in [1.54, 1.807) is 6.92 Å². The lowest BCUT2D eigenvalue weighted by Gasteiger charge is -2.52. The first-order valence-corrected chi connectivity index (χ1v) is 7.18. The summed E-state index contributed by atoms with van der Waals surface area (Å²) >= 11 is 0. The smallest absolute Gasteiger partial charge is 0.310 e. The number of likely N-dealkylation sites (tertiary alicyclic amines) is 1. The molecule has 5 nitrogen and oxygen atoms in total. The number of rotatable bonds is 3. The molecule has 19 heavy (non-hydrogen) atoms. The monoisotopic (exact) mass is 269 g/mol. The van der Waals surface area contributed by atoms with Gasteiger partial charge in [0.15, 0.2) is 0 Å². The fraction of sp³-hybridized carbons (Fsp3) is 0.857. The third-order valence-corrected chi connectivity index (χ3v) is 4.92. The molecule has 1 saturated carbocycles. The maximum Gasteiger partial charge on any atom is 0.310 e. The van der Waals surface area contributed by atoms with Gasteiger partial charge in [0.2, 0.25) is 0 Å². The van der Waals surface area contributed by atoms with E-state index in [4.69, 9.17) is 10.8 Å². The molecule has 108 valence electrons. The van der Waals surface area contributed by atoms with Crippen LogP contribution in [0.4, 0.5) is 0 Å². The molecular weight excluding hydrogens is 244 g/mol. The maximum atomic E-state index is 12.2. The predicted molar refractivity (Wildman–Crippen MR) is 71.2 cm³/mol. The normalized spacial score (nSPS) is 42.5. The second kappa shape index (κ2) is 5.21. The average molecular weight is 269 g/mol. The van der Waals surface area contributed by atoms with Gasteiger partial charge in [-0.1, -0.05) is 6.92 Å². The molecule has 1 saturated heterocycles. The van der Waals surface area contributed by atoms with Gasteiger partial charge in [-0.3, -0.25) is 9.28 Å². The summed E-state index contributed by atoms with van der Waals surface area (Å²) in [6, 6.07) is 0.299. The van der Waals surface area contributed by atoms with Crippen molar-refractivity contribution in [2.24, 2.45) is 17.6 Å². The van der Waals surface area contributed by atoms with E-state index in [0.717, 1.165) is 19.3 Å². The average Bonchev–Trinajstić information content (AvgIpc) is 2.22. The summed E-state index contributed by atoms with van der Waals surface area (Å²) in [5, 5.41) is 8.98. The molecule has 3 atom stereocenters. The number of carbonyl (C=O) groups is 2. The number of aliphatic carboxylic acids is 1. The van der Waals surface area contributed by atoms with Crippen LogP contribution in [0.5, 0.6) is 0 Å². The van der Waals surface area contributed by atoms with Crippen LogP contribution in [0.25, 0.3) is 0 Å². The van der Waals surface area contributed by atoms with Gasteiger partial charge in [-0.05, 0) is 12.3 Å². The Morgan fingerprint density at radius 2 is 1.89 bits per heavy atom. The fourth-order valence-electron chi connectivity index (χ4n) is 4.00. The van der Waals surface area contributed by atoms with Crippen molar-refractivity contribution in [3.8, 4) is 0 Å². The molecule has 1 aliphatic heterocycles. The Morgan fingerprint density at radius 1 is 1.26 bits per heavy atom. The van der Waals surface area contributed by atoms with E-state index in [0.29, 0.717) is 29.5 Å². The minimum Gasteiger partial charge on any atom is -0.481 e. The van der Waals surface area contributed by atoms with Crippen molar-refractivity contribution in [2.75, 3.05) is 13.1 Å². The Hall–Kier alpha value is -0.940. The highest BCUT2D eigenvalue weighted by Gasteiger charge is 2.51. The molecule has 0 aromatic rings. The lowest BCUT2D eigenvalue weighted by atomic mass is 9.76. The van der Waals surface area contributed by atoms with E-state index in [1.807, 2.05) is 0 Å². The van der Waals surface area contributed by atoms with E-state index >= 15 is 0 Å². The van der Waals surface area contributed by atoms with Gasteiger partial charge in [0, 0.05) is 18.8 Å². The number of quaternary nitrogens is 1. The van der Waals surface area contributed by atoms with Gasteiger partial charge >= 0.3 is 11.9 Å². The molecule has 3 unspecified atom stereocenters. The van der Waals surface area contributed by atoms with Gasteiger partial charge < -0.3 is 10.8 Å². The van der Waals surface area contributed by atoms with Crippen molar-refractivity contribution in [1.29, 1.82) is 0 Å². The SMILES string of the molecule is CC(=O)[N+]1(C2CC(C)C2)CC(N)CC(CC(=O)O)C1. The molecule has 1 aliphatic carbocycles. The Bertz CT molecular complexity index is 379. The van der Waals surface area contributed by atoms with Gasteiger partial charge in [-0.15, -0.1) is 0 Å². The van der Waals surface area contributed by atoms with E-state index < -0.39 is 5.97 Å². The quantitative estimate of drug-likeness (QED) is 0.748. The molecule has 0 bridgehead atoms. The number of carbonyl (C=O) groups excluding carboxylic acids is 1. The summed E-state index contributed by atoms with van der Waals surface area (Å²) in [6.07, 6.45) is 2.98. The molecule has 2 aliphatic rings. The zero-order chi connectivity index (χ0) is 14.2. The zero-order valence-corrected chi connectivity index (χ0v) is 11.8. The first-order chi connectivity index (χ1) is 8.83. The zero-order valence-electron chi connectivity index (χ0n) is 11.8. The van der Waals surface area contributed by atoms with Crippen LogP contribution in [0.1, 0.15) is 39.5 Å². The molecular formula is C14H25N2O3+. The first kappa shape index (κ1) is 14.5. The topological polar surface area (TPSA) is 80.4 Å². The van der Waals surface area contributed by atoms with Crippen molar-refractivity contribution in [1.82, 2.24) is 0 Å². The molecule has 5 heteroatoms. The lowest BCUT2D eigenvalue weighted by molar-refractivity contribution is -0.895. The van der Waals surface area contributed by atoms with Gasteiger partial charge in [0.1, 0.15) is 6.54 Å². The largest absolute Gasteiger partial charge is 0.481 e. The minimum atomic E-state index is -0.789. The number of nitrogens with two attached hydrogens (primary N) is 1. The second-order valence-electron chi connectivity index (χ2n) is 6.61. The van der Waals surface area contributed by atoms with E-state index in [9.17, 15) is 9.59 Å². The second-order valence-corrected chi connectivity index (χ2v) is 6.61. The predicted octanol–water partition coefficient (Wildman–Crippen LogP) is 0.970. The van der Waals surface area contributed by atoms with E-state index in [-0.39, 0.29) is 24.3 Å². The number of hydrogen-bond donors (Lipinski definition) is 2. The molecule has 0 spiro atoms. The Kier molecular flexibility index (Phi) is 3.97. The van der Waals surface area contributed by atoms with E-state index in [1.165, 1.54) is 0 Å². The van der Waals surface area contributed by atoms with Crippen molar-refractivity contribution >= 4 is 11.9 Å². The van der Waals surface area contributed by atoms with Crippen LogP contribution in [0.15, 0.2) is 0 Å². The first-order valence-electron chi connectivity index (χ1n) is 7.18. The highest BCUT2D eigenvalue weighted by atomic mass is 16.4. The molecule has 2 fully saturated rings. The Labute approximate surface area is 114 Å². The van der Waals surface area contributed by atoms with Crippen LogP contribution in [0.3, 0.4) is 0 Å². The number of nitrogens with zero attached hydrogens (tertiary/aromatic N) is 1. The van der Waals surface area contributed by atoms with Crippen LogP contribution in [-0.4, -0.2) is 46.6 Å². The highest BCUT2D eigenvalue weighted by molar-refractivity contribution is 5.68. The molecule has 0 radical (unpaired) electrons. The third kappa shape index (κ3) is 2.82. The van der Waals surface area contributed by atoms with Crippen LogP contribution < -0.4 is 5.73 Å². The molecule has 3 N–H and O–H groups in total. The number of piperidine rings is 1. The summed E-state index contributed by atoms with van der Waals surface area (Å²) in [5.41, 5.74) is 6.10. The molecule has 1 amide bonds. The molecule has 2 rings (SSSR count). The summed E-state index contributed by atoms with van der Waals surface area (Å²) in [6.45, 7) is 5.18. The Morgan fingerprint density at radius 3 is 2.37 bits per heavy atom. The molecule has 0 aromatic carbocycles. The van der Waals surface area contributed by atoms with Gasteiger partial charge in [-0.2, -0.15) is 0 Å².